The Kier molecular flexibility index (Phi) is 6.23. The summed E-state index contributed by atoms with van der Waals surface area (Å²) >= 11 is 0. The lowest BCUT2D eigenvalue weighted by atomic mass is 9.72. The lowest BCUT2D eigenvalue weighted by molar-refractivity contribution is -0.135. The van der Waals surface area contributed by atoms with Crippen LogP contribution < -0.4 is 20.7 Å². The van der Waals surface area contributed by atoms with Gasteiger partial charge in [0.2, 0.25) is 17.7 Å². The first-order chi connectivity index (χ1) is 20.3. The second kappa shape index (κ2) is 9.87. The molecule has 1 fully saturated rings. The molecule has 7 rings (SSSR count). The largest absolute Gasteiger partial charge is 0.469 e. The number of benzene rings is 2. The van der Waals surface area contributed by atoms with Gasteiger partial charge in [-0.2, -0.15) is 0 Å². The average molecular weight is 573 g/mol. The molecule has 3 aromatic rings. The second-order valence-electron chi connectivity index (χ2n) is 11.5. The third-order valence-corrected chi connectivity index (χ3v) is 8.65. The Bertz CT molecular complexity index is 1590. The van der Waals surface area contributed by atoms with Crippen molar-refractivity contribution >= 4 is 23.5 Å². The summed E-state index contributed by atoms with van der Waals surface area (Å²) in [6, 6.07) is 11.9. The van der Waals surface area contributed by atoms with Crippen LogP contribution in [0.4, 0.5) is 5.69 Å². The van der Waals surface area contributed by atoms with Crippen molar-refractivity contribution in [3.8, 4) is 5.75 Å². The van der Waals surface area contributed by atoms with E-state index in [-0.39, 0.29) is 35.6 Å². The Morgan fingerprint density at radius 1 is 1.14 bits per heavy atom. The van der Waals surface area contributed by atoms with Gasteiger partial charge in [0.15, 0.2) is 17.7 Å². The van der Waals surface area contributed by atoms with Crippen LogP contribution in [0.2, 0.25) is 0 Å². The first-order valence-corrected chi connectivity index (χ1v) is 14.3. The number of rotatable bonds is 4. The van der Waals surface area contributed by atoms with E-state index in [2.05, 4.69) is 20.9 Å². The summed E-state index contributed by atoms with van der Waals surface area (Å²) in [6.07, 6.45) is 0.415. The first-order valence-electron chi connectivity index (χ1n) is 14.3. The summed E-state index contributed by atoms with van der Waals surface area (Å²) in [6.45, 7) is 4.36. The van der Waals surface area contributed by atoms with Crippen LogP contribution in [-0.2, 0) is 30.9 Å². The normalized spacial score (nSPS) is 27.1. The first kappa shape index (κ1) is 26.5. The highest BCUT2D eigenvalue weighted by Gasteiger charge is 2.61. The summed E-state index contributed by atoms with van der Waals surface area (Å²) in [7, 11) is 1.30. The van der Waals surface area contributed by atoms with Crippen molar-refractivity contribution in [3.63, 3.8) is 0 Å². The predicted molar refractivity (Wildman–Crippen MR) is 149 cm³/mol. The fourth-order valence-electron chi connectivity index (χ4n) is 6.59. The molecular formula is C31H32N4O7. The van der Waals surface area contributed by atoms with Crippen LogP contribution in [0, 0.1) is 5.92 Å². The zero-order chi connectivity index (χ0) is 29.2. The van der Waals surface area contributed by atoms with Crippen LogP contribution in [0.25, 0.3) is 0 Å². The Balaban J connectivity index is 1.44. The quantitative estimate of drug-likeness (QED) is 0.403. The molecule has 1 saturated heterocycles. The van der Waals surface area contributed by atoms with E-state index in [1.54, 1.807) is 0 Å². The molecule has 11 heteroatoms. The van der Waals surface area contributed by atoms with E-state index in [1.165, 1.54) is 7.11 Å². The van der Waals surface area contributed by atoms with Gasteiger partial charge in [-0.15, -0.1) is 0 Å². The van der Waals surface area contributed by atoms with E-state index in [0.29, 0.717) is 18.8 Å². The Hall–Kier alpha value is -4.38. The van der Waals surface area contributed by atoms with E-state index in [0.717, 1.165) is 28.8 Å². The van der Waals surface area contributed by atoms with Gasteiger partial charge in [0, 0.05) is 24.3 Å². The molecule has 0 saturated carbocycles. The number of anilines is 1. The molecule has 3 N–H and O–H groups in total. The number of hydrogen-bond donors (Lipinski definition) is 3. The summed E-state index contributed by atoms with van der Waals surface area (Å²) in [5.41, 5.74) is 2.22. The van der Waals surface area contributed by atoms with Crippen molar-refractivity contribution in [3.05, 3.63) is 76.5 Å². The van der Waals surface area contributed by atoms with Crippen LogP contribution in [-0.4, -0.2) is 54.9 Å². The van der Waals surface area contributed by atoms with Crippen molar-refractivity contribution in [2.45, 2.75) is 62.9 Å². The van der Waals surface area contributed by atoms with Gasteiger partial charge < -0.3 is 34.6 Å². The van der Waals surface area contributed by atoms with Crippen molar-refractivity contribution in [1.29, 1.82) is 0 Å². The Morgan fingerprint density at radius 2 is 1.98 bits per heavy atom. The summed E-state index contributed by atoms with van der Waals surface area (Å²) in [5, 5.41) is 9.43. The molecule has 11 nitrogen and oxygen atoms in total. The fourth-order valence-corrected chi connectivity index (χ4v) is 6.59. The molecule has 4 aliphatic rings. The van der Waals surface area contributed by atoms with Crippen molar-refractivity contribution in [2.75, 3.05) is 19.0 Å². The van der Waals surface area contributed by atoms with E-state index in [1.807, 2.05) is 56.3 Å². The summed E-state index contributed by atoms with van der Waals surface area (Å²) in [4.78, 5) is 44.8. The number of hydrogen-bond acceptors (Lipinski definition) is 9. The number of oxazole rings is 1. The van der Waals surface area contributed by atoms with Gasteiger partial charge in [0.05, 0.1) is 7.11 Å². The topological polar surface area (TPSA) is 141 Å². The minimum absolute atomic E-state index is 0.0141. The Labute approximate surface area is 242 Å². The molecule has 2 unspecified atom stereocenters. The molecule has 1 aromatic heterocycles. The SMILES string of the molecule is COC(=O)c1nc2oc1C13c4ccccc4NC1Oc1ccc(cc13)C[C@H](NC(=O)[C@H]1CCCO1)C(=O)N[C@H]2C(C)C. The number of nitrogens with zero attached hydrogens (tertiary/aromatic N) is 1. The number of para-hydroxylation sites is 1. The summed E-state index contributed by atoms with van der Waals surface area (Å²) in [5.74, 6) is -0.473. The smallest absolute Gasteiger partial charge is 0.360 e. The van der Waals surface area contributed by atoms with Gasteiger partial charge in [-0.1, -0.05) is 44.2 Å². The van der Waals surface area contributed by atoms with Gasteiger partial charge in [-0.25, -0.2) is 9.78 Å². The molecule has 5 heterocycles. The van der Waals surface area contributed by atoms with Crippen LogP contribution in [0.5, 0.6) is 5.75 Å². The van der Waals surface area contributed by atoms with Gasteiger partial charge in [-0.3, -0.25) is 9.59 Å². The molecular weight excluding hydrogens is 540 g/mol. The van der Waals surface area contributed by atoms with Crippen LogP contribution in [0.15, 0.2) is 46.9 Å². The highest BCUT2D eigenvalue weighted by molar-refractivity contribution is 5.91. The molecule has 4 aliphatic heterocycles. The predicted octanol–water partition coefficient (Wildman–Crippen LogP) is 2.97. The lowest BCUT2D eigenvalue weighted by Crippen LogP contribution is -2.51. The zero-order valence-electron chi connectivity index (χ0n) is 23.6. The van der Waals surface area contributed by atoms with Gasteiger partial charge >= 0.3 is 5.97 Å². The van der Waals surface area contributed by atoms with Gasteiger partial charge in [-0.05, 0) is 42.0 Å². The number of carbonyl (C=O) groups excluding carboxylic acids is 3. The van der Waals surface area contributed by atoms with E-state index in [4.69, 9.17) is 18.6 Å². The standard InChI is InChI=1S/C31H32N4O7/c1-15(2)23-28-35-24(29(38)39-3)25(42-28)31-17-7-4-5-8-19(17)33-30(31)41-21-11-10-16(13-18(21)31)14-20(26(36)34-23)32-27(37)22-9-6-12-40-22/h4-5,7-8,10-11,13,15,20,22-23,30,33H,6,9,12,14H2,1-3H3,(H,32,37)(H,34,36)/t20-,22+,23-,30?,31?/m0/s1. The highest BCUT2D eigenvalue weighted by Crippen LogP contribution is 2.58. The molecule has 2 aromatic carbocycles. The lowest BCUT2D eigenvalue weighted by Gasteiger charge is -2.29. The summed E-state index contributed by atoms with van der Waals surface area (Å²) < 4.78 is 23.8. The maximum absolute atomic E-state index is 13.8. The molecule has 42 heavy (non-hydrogen) atoms. The van der Waals surface area contributed by atoms with E-state index >= 15 is 0 Å². The monoisotopic (exact) mass is 572 g/mol. The number of fused-ring (bicyclic) bond motifs is 4. The number of esters is 1. The van der Waals surface area contributed by atoms with Crippen LogP contribution in [0.1, 0.15) is 71.6 Å². The van der Waals surface area contributed by atoms with Crippen molar-refractivity contribution in [1.82, 2.24) is 15.6 Å². The maximum Gasteiger partial charge on any atom is 0.360 e. The molecule has 2 amide bonds. The van der Waals surface area contributed by atoms with E-state index < -0.39 is 41.7 Å². The number of methoxy groups -OCH3 is 1. The van der Waals surface area contributed by atoms with Crippen LogP contribution >= 0.6 is 0 Å². The molecule has 1 spiro atoms. The minimum Gasteiger partial charge on any atom is -0.469 e. The van der Waals surface area contributed by atoms with Crippen molar-refractivity contribution < 1.29 is 33.0 Å². The third kappa shape index (κ3) is 3.90. The Morgan fingerprint density at radius 3 is 2.74 bits per heavy atom. The van der Waals surface area contributed by atoms with Crippen LogP contribution in [0.3, 0.4) is 0 Å². The second-order valence-corrected chi connectivity index (χ2v) is 11.5. The molecule has 5 atom stereocenters. The number of carbonyl (C=O) groups is 3. The number of nitrogens with one attached hydrogen (secondary N) is 3. The van der Waals surface area contributed by atoms with Crippen molar-refractivity contribution in [2.24, 2.45) is 5.92 Å². The molecule has 0 radical (unpaired) electrons. The molecule has 218 valence electrons. The average Bonchev–Trinajstić information content (AvgIpc) is 3.77. The van der Waals surface area contributed by atoms with E-state index in [9.17, 15) is 14.4 Å². The number of amides is 2. The fraction of sp³-hybridized carbons (Fsp3) is 0.419. The minimum atomic E-state index is -1.07. The highest BCUT2D eigenvalue weighted by atomic mass is 16.5. The zero-order valence-corrected chi connectivity index (χ0v) is 23.6. The van der Waals surface area contributed by atoms with Gasteiger partial charge in [0.25, 0.3) is 0 Å². The van der Waals surface area contributed by atoms with Gasteiger partial charge in [0.1, 0.15) is 29.4 Å². The molecule has 4 bridgehead atoms. The number of aromatic nitrogens is 1. The molecule has 0 aliphatic carbocycles. The number of ether oxygens (including phenoxy) is 3. The maximum atomic E-state index is 13.8. The third-order valence-electron chi connectivity index (χ3n) is 8.65.